The number of alkyl halides is 2. The van der Waals surface area contributed by atoms with Gasteiger partial charge in [0.25, 0.3) is 0 Å². The van der Waals surface area contributed by atoms with E-state index < -0.39 is 12.8 Å². The molecule has 2 aliphatic heterocycles. The third kappa shape index (κ3) is 3.31. The van der Waals surface area contributed by atoms with Crippen LogP contribution in [0.3, 0.4) is 0 Å². The lowest BCUT2D eigenvalue weighted by molar-refractivity contribution is -0.0499. The minimum Gasteiger partial charge on any atom is -0.464 e. The largest absolute Gasteiger partial charge is 0.464 e. The number of hydrazone groups is 1. The van der Waals surface area contributed by atoms with E-state index in [2.05, 4.69) is 22.9 Å². The van der Waals surface area contributed by atoms with Gasteiger partial charge < -0.3 is 9.47 Å². The summed E-state index contributed by atoms with van der Waals surface area (Å²) in [5, 5.41) is 6.85. The predicted octanol–water partition coefficient (Wildman–Crippen LogP) is 5.53. The van der Waals surface area contributed by atoms with Crippen LogP contribution in [0.4, 0.5) is 8.78 Å². The van der Waals surface area contributed by atoms with Crippen LogP contribution in [0.5, 0.6) is 11.5 Å². The molecule has 2 heterocycles. The van der Waals surface area contributed by atoms with Gasteiger partial charge in [-0.1, -0.05) is 48.5 Å². The molecule has 0 N–H and O–H groups in total. The minimum atomic E-state index is -2.85. The van der Waals surface area contributed by atoms with E-state index in [1.807, 2.05) is 41.4 Å². The van der Waals surface area contributed by atoms with E-state index in [4.69, 9.17) is 9.84 Å². The summed E-state index contributed by atoms with van der Waals surface area (Å²) in [7, 11) is 0. The van der Waals surface area contributed by atoms with Crippen LogP contribution in [0, 0.1) is 0 Å². The molecule has 4 nitrogen and oxygen atoms in total. The summed E-state index contributed by atoms with van der Waals surface area (Å²) in [6.07, 6.45) is 0.324. The number of nitrogens with zero attached hydrogens (tertiary/aromatic N) is 2. The SMILES string of the molecule is FC(F)Oc1ccc([C@@H]2Oc3ccccc3[C@@H]3CC(c4ccccc4)=NN32)cc1. The van der Waals surface area contributed by atoms with Crippen molar-refractivity contribution in [2.45, 2.75) is 25.3 Å². The summed E-state index contributed by atoms with van der Waals surface area (Å²) in [4.78, 5) is 0. The number of ether oxygens (including phenoxy) is 2. The van der Waals surface area contributed by atoms with Gasteiger partial charge >= 0.3 is 6.61 Å². The number of hydrogen-bond acceptors (Lipinski definition) is 4. The van der Waals surface area contributed by atoms with Crippen LogP contribution >= 0.6 is 0 Å². The highest BCUT2D eigenvalue weighted by Gasteiger charge is 2.40. The average molecular weight is 392 g/mol. The van der Waals surface area contributed by atoms with Crippen molar-refractivity contribution in [1.82, 2.24) is 5.01 Å². The van der Waals surface area contributed by atoms with Crippen LogP contribution in [0.1, 0.15) is 35.4 Å². The third-order valence-corrected chi connectivity index (χ3v) is 5.20. The number of hydrogen-bond donors (Lipinski definition) is 0. The highest BCUT2D eigenvalue weighted by Crippen LogP contribution is 2.47. The molecule has 0 spiro atoms. The topological polar surface area (TPSA) is 34.1 Å². The van der Waals surface area contributed by atoms with E-state index >= 15 is 0 Å². The summed E-state index contributed by atoms with van der Waals surface area (Å²) in [6, 6.07) is 24.6. The van der Waals surface area contributed by atoms with Gasteiger partial charge in [-0.2, -0.15) is 13.9 Å². The van der Waals surface area contributed by atoms with E-state index in [-0.39, 0.29) is 11.8 Å². The number of halogens is 2. The van der Waals surface area contributed by atoms with E-state index in [9.17, 15) is 8.78 Å². The molecule has 6 heteroatoms. The monoisotopic (exact) mass is 392 g/mol. The summed E-state index contributed by atoms with van der Waals surface area (Å²) >= 11 is 0. The first-order valence-electron chi connectivity index (χ1n) is 9.40. The second-order valence-electron chi connectivity index (χ2n) is 6.97. The molecule has 5 rings (SSSR count). The van der Waals surface area contributed by atoms with Crippen molar-refractivity contribution in [2.75, 3.05) is 0 Å². The molecule has 0 aromatic heterocycles. The van der Waals surface area contributed by atoms with Crippen LogP contribution in [0.15, 0.2) is 84.0 Å². The third-order valence-electron chi connectivity index (χ3n) is 5.20. The van der Waals surface area contributed by atoms with Crippen molar-refractivity contribution < 1.29 is 18.3 Å². The standard InChI is InChI=1S/C23H18F2N2O2/c24-23(25)28-17-12-10-16(11-13-17)22-27-20(18-8-4-5-9-21(18)29-22)14-19(26-27)15-6-2-1-3-7-15/h1-13,20,22-23H,14H2/t20-,22-/m0/s1. The lowest BCUT2D eigenvalue weighted by Crippen LogP contribution is -2.33. The molecule has 0 saturated heterocycles. The van der Waals surface area contributed by atoms with Crippen LogP contribution in [0.2, 0.25) is 0 Å². The van der Waals surface area contributed by atoms with Crippen LogP contribution in [0.25, 0.3) is 0 Å². The molecule has 3 aromatic rings. The van der Waals surface area contributed by atoms with Gasteiger partial charge in [0.15, 0.2) is 0 Å². The second-order valence-corrected chi connectivity index (χ2v) is 6.97. The molecule has 0 saturated carbocycles. The van der Waals surface area contributed by atoms with Crippen molar-refractivity contribution >= 4 is 5.71 Å². The van der Waals surface area contributed by atoms with Gasteiger partial charge in [0.2, 0.25) is 6.23 Å². The highest BCUT2D eigenvalue weighted by molar-refractivity contribution is 6.01. The summed E-state index contributed by atoms with van der Waals surface area (Å²) < 4.78 is 35.6. The van der Waals surface area contributed by atoms with Gasteiger partial charge in [-0.25, -0.2) is 5.01 Å². The number of fused-ring (bicyclic) bond motifs is 3. The van der Waals surface area contributed by atoms with E-state index in [0.29, 0.717) is 0 Å². The maximum absolute atomic E-state index is 12.4. The first-order valence-corrected chi connectivity index (χ1v) is 9.40. The Hall–Kier alpha value is -3.41. The highest BCUT2D eigenvalue weighted by atomic mass is 19.3. The van der Waals surface area contributed by atoms with Crippen molar-refractivity contribution in [3.8, 4) is 11.5 Å². The fourth-order valence-corrected chi connectivity index (χ4v) is 3.87. The van der Waals surface area contributed by atoms with E-state index in [1.54, 1.807) is 12.1 Å². The van der Waals surface area contributed by atoms with Crippen molar-refractivity contribution in [1.29, 1.82) is 0 Å². The lowest BCUT2D eigenvalue weighted by Gasteiger charge is -2.38. The number of rotatable bonds is 4. The zero-order chi connectivity index (χ0) is 19.8. The minimum absolute atomic E-state index is 0.0529. The summed E-state index contributed by atoms with van der Waals surface area (Å²) in [5.74, 6) is 0.933. The Kier molecular flexibility index (Phi) is 4.39. The molecule has 3 aromatic carbocycles. The maximum Gasteiger partial charge on any atom is 0.387 e. The Labute approximate surface area is 167 Å². The van der Waals surface area contributed by atoms with Crippen LogP contribution in [-0.4, -0.2) is 17.3 Å². The molecular formula is C23H18F2N2O2. The van der Waals surface area contributed by atoms with Gasteiger partial charge in [0, 0.05) is 17.5 Å². The molecule has 29 heavy (non-hydrogen) atoms. The van der Waals surface area contributed by atoms with Gasteiger partial charge in [0.1, 0.15) is 11.5 Å². The molecule has 0 fully saturated rings. The molecule has 0 amide bonds. The molecule has 2 atom stereocenters. The van der Waals surface area contributed by atoms with E-state index in [1.165, 1.54) is 12.1 Å². The molecule has 0 aliphatic carbocycles. The quantitative estimate of drug-likeness (QED) is 0.585. The molecular weight excluding hydrogens is 374 g/mol. The normalized spacial score (nSPS) is 20.0. The lowest BCUT2D eigenvalue weighted by atomic mass is 9.96. The average Bonchev–Trinajstić information content (AvgIpc) is 3.20. The van der Waals surface area contributed by atoms with Crippen molar-refractivity contribution in [2.24, 2.45) is 5.10 Å². The van der Waals surface area contributed by atoms with Gasteiger partial charge in [0.05, 0.1) is 11.8 Å². The molecule has 2 aliphatic rings. The van der Waals surface area contributed by atoms with E-state index in [0.717, 1.165) is 34.6 Å². The maximum atomic E-state index is 12.4. The first kappa shape index (κ1) is 17.7. The zero-order valence-corrected chi connectivity index (χ0v) is 15.4. The number of para-hydroxylation sites is 1. The van der Waals surface area contributed by atoms with Gasteiger partial charge in [-0.3, -0.25) is 0 Å². The first-order chi connectivity index (χ1) is 14.2. The fraction of sp³-hybridized carbons (Fsp3) is 0.174. The summed E-state index contributed by atoms with van der Waals surface area (Å²) in [5.41, 5.74) is 4.00. The zero-order valence-electron chi connectivity index (χ0n) is 15.4. The Morgan fingerprint density at radius 3 is 2.41 bits per heavy atom. The van der Waals surface area contributed by atoms with Crippen LogP contribution in [-0.2, 0) is 0 Å². The van der Waals surface area contributed by atoms with Gasteiger partial charge in [-0.15, -0.1) is 0 Å². The van der Waals surface area contributed by atoms with Gasteiger partial charge in [-0.05, 0) is 35.9 Å². The smallest absolute Gasteiger partial charge is 0.387 e. The molecule has 146 valence electrons. The van der Waals surface area contributed by atoms with Crippen molar-refractivity contribution in [3.63, 3.8) is 0 Å². The fourth-order valence-electron chi connectivity index (χ4n) is 3.87. The Bertz CT molecular complexity index is 1040. The van der Waals surface area contributed by atoms with Crippen LogP contribution < -0.4 is 9.47 Å². The Morgan fingerprint density at radius 2 is 1.66 bits per heavy atom. The summed E-state index contributed by atoms with van der Waals surface area (Å²) in [6.45, 7) is -2.85. The Morgan fingerprint density at radius 1 is 0.931 bits per heavy atom. The number of benzene rings is 3. The van der Waals surface area contributed by atoms with Crippen molar-refractivity contribution in [3.05, 3.63) is 95.6 Å². The molecule has 0 unspecified atom stereocenters. The predicted molar refractivity (Wildman–Crippen MR) is 105 cm³/mol. The second kappa shape index (κ2) is 7.20. The molecule has 0 radical (unpaired) electrons. The Balaban J connectivity index is 1.52. The molecule has 0 bridgehead atoms.